The van der Waals surface area contributed by atoms with Crippen molar-refractivity contribution in [3.05, 3.63) is 97.5 Å². The predicted octanol–water partition coefficient (Wildman–Crippen LogP) is 2.95. The molecule has 1 aromatic carbocycles. The SMILES string of the molecule is O=C(Cn1c(=O)n(Cc2cccnc2)c(=O)c2ncccc21)Nc1cc(Cl)cc(Cl)c1. The second-order valence-electron chi connectivity index (χ2n) is 6.70. The number of carbonyl (C=O) groups excluding carboxylic acids is 1. The van der Waals surface area contributed by atoms with E-state index in [-0.39, 0.29) is 24.1 Å². The molecule has 0 aliphatic carbocycles. The summed E-state index contributed by atoms with van der Waals surface area (Å²) in [4.78, 5) is 46.9. The molecule has 0 fully saturated rings. The number of nitrogens with zero attached hydrogens (tertiary/aromatic N) is 4. The number of aromatic nitrogens is 4. The quantitative estimate of drug-likeness (QED) is 0.498. The minimum absolute atomic E-state index is 0.00351. The second kappa shape index (κ2) is 8.71. The molecule has 156 valence electrons. The van der Waals surface area contributed by atoms with Gasteiger partial charge in [0.1, 0.15) is 6.54 Å². The molecule has 0 spiro atoms. The van der Waals surface area contributed by atoms with Gasteiger partial charge >= 0.3 is 5.69 Å². The first kappa shape index (κ1) is 20.8. The lowest BCUT2D eigenvalue weighted by Crippen LogP contribution is -2.42. The van der Waals surface area contributed by atoms with Crippen molar-refractivity contribution in [1.82, 2.24) is 19.1 Å². The summed E-state index contributed by atoms with van der Waals surface area (Å²) in [7, 11) is 0. The average Bonchev–Trinajstić information content (AvgIpc) is 2.74. The molecule has 31 heavy (non-hydrogen) atoms. The van der Waals surface area contributed by atoms with E-state index in [4.69, 9.17) is 23.2 Å². The number of amides is 1. The minimum Gasteiger partial charge on any atom is -0.324 e. The van der Waals surface area contributed by atoms with Crippen LogP contribution in [0.25, 0.3) is 11.0 Å². The van der Waals surface area contributed by atoms with Gasteiger partial charge < -0.3 is 5.32 Å². The molecule has 4 rings (SSSR count). The van der Waals surface area contributed by atoms with Crippen LogP contribution in [0.2, 0.25) is 10.0 Å². The molecule has 0 bridgehead atoms. The highest BCUT2D eigenvalue weighted by Gasteiger charge is 2.17. The van der Waals surface area contributed by atoms with Gasteiger partial charge in [0.25, 0.3) is 5.56 Å². The first-order chi connectivity index (χ1) is 14.9. The first-order valence-corrected chi connectivity index (χ1v) is 9.91. The lowest BCUT2D eigenvalue weighted by atomic mass is 10.2. The summed E-state index contributed by atoms with van der Waals surface area (Å²) in [6.45, 7) is -0.331. The number of benzene rings is 1. The molecule has 8 nitrogen and oxygen atoms in total. The molecular formula is C21H15Cl2N5O3. The third kappa shape index (κ3) is 4.50. The lowest BCUT2D eigenvalue weighted by Gasteiger charge is -2.14. The van der Waals surface area contributed by atoms with Crippen LogP contribution in [0.15, 0.2) is 70.6 Å². The van der Waals surface area contributed by atoms with Gasteiger partial charge in [-0.2, -0.15) is 0 Å². The Labute approximate surface area is 185 Å². The van der Waals surface area contributed by atoms with E-state index in [1.54, 1.807) is 36.7 Å². The fraction of sp³-hybridized carbons (Fsp3) is 0.0952. The highest BCUT2D eigenvalue weighted by atomic mass is 35.5. The maximum atomic E-state index is 13.2. The molecule has 1 amide bonds. The Morgan fingerprint density at radius 3 is 2.45 bits per heavy atom. The Morgan fingerprint density at radius 1 is 1.00 bits per heavy atom. The van der Waals surface area contributed by atoms with Crippen molar-refractivity contribution < 1.29 is 4.79 Å². The Balaban J connectivity index is 1.75. The lowest BCUT2D eigenvalue weighted by molar-refractivity contribution is -0.116. The zero-order valence-corrected chi connectivity index (χ0v) is 17.5. The van der Waals surface area contributed by atoms with Crippen LogP contribution in [0.4, 0.5) is 5.69 Å². The van der Waals surface area contributed by atoms with Gasteiger partial charge in [0.05, 0.1) is 12.1 Å². The van der Waals surface area contributed by atoms with Gasteiger partial charge in [-0.1, -0.05) is 29.3 Å². The smallest absolute Gasteiger partial charge is 0.324 e. The molecule has 0 saturated carbocycles. The normalized spacial score (nSPS) is 10.9. The zero-order valence-electron chi connectivity index (χ0n) is 16.0. The number of nitrogens with one attached hydrogen (secondary N) is 1. The fourth-order valence-corrected chi connectivity index (χ4v) is 3.71. The third-order valence-corrected chi connectivity index (χ3v) is 4.93. The van der Waals surface area contributed by atoms with Crippen molar-refractivity contribution >= 4 is 45.8 Å². The van der Waals surface area contributed by atoms with Crippen LogP contribution < -0.4 is 16.6 Å². The van der Waals surface area contributed by atoms with Crippen molar-refractivity contribution in [2.24, 2.45) is 0 Å². The Hall–Kier alpha value is -3.49. The predicted molar refractivity (Wildman–Crippen MR) is 119 cm³/mol. The standard InChI is InChI=1S/C21H15Cl2N5O3/c22-14-7-15(23)9-16(8-14)26-18(29)12-27-17-4-2-6-25-19(17)20(30)28(21(27)31)11-13-3-1-5-24-10-13/h1-10H,11-12H2,(H,26,29). The Morgan fingerprint density at radius 2 is 1.74 bits per heavy atom. The van der Waals surface area contributed by atoms with Crippen LogP contribution in [0.1, 0.15) is 5.56 Å². The largest absolute Gasteiger partial charge is 0.332 e. The van der Waals surface area contributed by atoms with Gasteiger partial charge in [-0.3, -0.25) is 23.7 Å². The van der Waals surface area contributed by atoms with Crippen LogP contribution in [0, 0.1) is 0 Å². The molecule has 3 heterocycles. The van der Waals surface area contributed by atoms with Gasteiger partial charge in [-0.15, -0.1) is 0 Å². The van der Waals surface area contributed by atoms with Crippen LogP contribution in [-0.2, 0) is 17.9 Å². The van der Waals surface area contributed by atoms with Crippen LogP contribution in [0.5, 0.6) is 0 Å². The van der Waals surface area contributed by atoms with E-state index < -0.39 is 17.2 Å². The number of pyridine rings is 2. The number of rotatable bonds is 5. The molecule has 1 N–H and O–H groups in total. The van der Waals surface area contributed by atoms with E-state index in [1.165, 1.54) is 29.0 Å². The summed E-state index contributed by atoms with van der Waals surface area (Å²) in [6.07, 6.45) is 4.62. The molecule has 0 radical (unpaired) electrons. The highest BCUT2D eigenvalue weighted by molar-refractivity contribution is 6.35. The van der Waals surface area contributed by atoms with Crippen LogP contribution in [-0.4, -0.2) is 25.0 Å². The molecule has 4 aromatic rings. The van der Waals surface area contributed by atoms with E-state index in [0.717, 1.165) is 4.57 Å². The highest BCUT2D eigenvalue weighted by Crippen LogP contribution is 2.22. The number of hydrogen-bond donors (Lipinski definition) is 1. The Bertz CT molecular complexity index is 1380. The van der Waals surface area contributed by atoms with E-state index in [1.807, 2.05) is 0 Å². The van der Waals surface area contributed by atoms with Gasteiger partial charge in [0.15, 0.2) is 5.52 Å². The topological polar surface area (TPSA) is 98.9 Å². The summed E-state index contributed by atoms with van der Waals surface area (Å²) in [5.74, 6) is -0.489. The fourth-order valence-electron chi connectivity index (χ4n) is 3.18. The third-order valence-electron chi connectivity index (χ3n) is 4.50. The van der Waals surface area contributed by atoms with E-state index in [2.05, 4.69) is 15.3 Å². The second-order valence-corrected chi connectivity index (χ2v) is 7.57. The zero-order chi connectivity index (χ0) is 22.0. The monoisotopic (exact) mass is 455 g/mol. The molecule has 0 atom stereocenters. The summed E-state index contributed by atoms with van der Waals surface area (Å²) >= 11 is 11.9. The van der Waals surface area contributed by atoms with Crippen LogP contribution in [0.3, 0.4) is 0 Å². The van der Waals surface area contributed by atoms with Gasteiger partial charge in [0, 0.05) is 34.3 Å². The maximum absolute atomic E-state index is 13.2. The molecule has 0 unspecified atom stereocenters. The molecule has 3 aromatic heterocycles. The van der Waals surface area contributed by atoms with Crippen LogP contribution >= 0.6 is 23.2 Å². The molecule has 0 aliphatic heterocycles. The van der Waals surface area contributed by atoms with Crippen molar-refractivity contribution in [1.29, 1.82) is 0 Å². The number of hydrogen-bond acceptors (Lipinski definition) is 5. The molecular weight excluding hydrogens is 441 g/mol. The van der Waals surface area contributed by atoms with Gasteiger partial charge in [-0.25, -0.2) is 9.78 Å². The van der Waals surface area contributed by atoms with Gasteiger partial charge in [-0.05, 0) is 42.0 Å². The number of fused-ring (bicyclic) bond motifs is 1. The number of carbonyl (C=O) groups is 1. The number of halogens is 2. The summed E-state index contributed by atoms with van der Waals surface area (Å²) in [5, 5.41) is 3.38. The number of anilines is 1. The van der Waals surface area contributed by atoms with Gasteiger partial charge in [0.2, 0.25) is 5.91 Å². The molecule has 0 aliphatic rings. The van der Waals surface area contributed by atoms with E-state index in [0.29, 0.717) is 21.3 Å². The average molecular weight is 456 g/mol. The van der Waals surface area contributed by atoms with Crippen molar-refractivity contribution in [2.75, 3.05) is 5.32 Å². The maximum Gasteiger partial charge on any atom is 0.332 e. The van der Waals surface area contributed by atoms with E-state index in [9.17, 15) is 14.4 Å². The summed E-state index contributed by atoms with van der Waals surface area (Å²) < 4.78 is 2.25. The minimum atomic E-state index is -0.631. The Kier molecular flexibility index (Phi) is 5.83. The molecule has 0 saturated heterocycles. The van der Waals surface area contributed by atoms with Crippen molar-refractivity contribution in [3.8, 4) is 0 Å². The summed E-state index contributed by atoms with van der Waals surface area (Å²) in [6, 6.07) is 11.2. The first-order valence-electron chi connectivity index (χ1n) is 9.15. The van der Waals surface area contributed by atoms with E-state index >= 15 is 0 Å². The molecule has 10 heteroatoms. The van der Waals surface area contributed by atoms with Crippen molar-refractivity contribution in [2.45, 2.75) is 13.1 Å². The summed E-state index contributed by atoms with van der Waals surface area (Å²) in [5.41, 5.74) is 0.239. The van der Waals surface area contributed by atoms with Crippen molar-refractivity contribution in [3.63, 3.8) is 0 Å².